The molecule has 2 aromatic carbocycles. The first kappa shape index (κ1) is 74.5. The van der Waals surface area contributed by atoms with E-state index in [1.165, 1.54) is 17.2 Å². The van der Waals surface area contributed by atoms with Crippen LogP contribution in [0.1, 0.15) is 66.4 Å². The van der Waals surface area contributed by atoms with E-state index in [0.29, 0.717) is 68.6 Å². The first-order valence-electron chi connectivity index (χ1n) is 31.5. The minimum absolute atomic E-state index is 0.0579. The first-order chi connectivity index (χ1) is 45.0. The van der Waals surface area contributed by atoms with E-state index in [1.807, 2.05) is 31.2 Å². The number of halogens is 2. The smallest absolute Gasteiger partial charge is 0.317 e. The van der Waals surface area contributed by atoms with E-state index < -0.39 is 103 Å². The number of alkyl halides is 2. The summed E-state index contributed by atoms with van der Waals surface area (Å²) >= 11 is 0. The Balaban J connectivity index is 1.03. The van der Waals surface area contributed by atoms with Crippen molar-refractivity contribution in [3.05, 3.63) is 71.4 Å². The zero-order valence-electron chi connectivity index (χ0n) is 53.3. The highest BCUT2D eigenvalue weighted by Crippen LogP contribution is 2.32. The van der Waals surface area contributed by atoms with Crippen LogP contribution in [0.25, 0.3) is 10.9 Å². The average molecular weight is 1320 g/mol. The van der Waals surface area contributed by atoms with Crippen molar-refractivity contribution in [2.24, 2.45) is 0 Å². The summed E-state index contributed by atoms with van der Waals surface area (Å²) in [5.74, 6) is -10.6. The highest BCUT2D eigenvalue weighted by Gasteiger charge is 2.47. The number of aryl methyl sites for hydroxylation is 2. The number of aliphatic carboxylic acids is 3. The zero-order valence-corrected chi connectivity index (χ0v) is 53.3. The molecule has 29 nitrogen and oxygen atoms in total. The predicted octanol–water partition coefficient (Wildman–Crippen LogP) is -0.110. The molecular formula is C63H87F2N13O16. The molecule has 3 aromatic rings. The number of piperazine rings is 1. The molecular weight excluding hydrogens is 1230 g/mol. The maximum absolute atomic E-state index is 14.4. The van der Waals surface area contributed by atoms with Gasteiger partial charge < -0.3 is 60.6 Å². The summed E-state index contributed by atoms with van der Waals surface area (Å²) in [4.78, 5) is 145. The van der Waals surface area contributed by atoms with E-state index in [4.69, 9.17) is 14.2 Å². The van der Waals surface area contributed by atoms with Crippen LogP contribution in [0.3, 0.4) is 0 Å². The van der Waals surface area contributed by atoms with Gasteiger partial charge in [0.25, 0.3) is 11.8 Å². The molecule has 0 saturated carbocycles. The molecule has 4 heterocycles. The van der Waals surface area contributed by atoms with Crippen molar-refractivity contribution < 1.29 is 86.3 Å². The van der Waals surface area contributed by atoms with Gasteiger partial charge in [-0.25, -0.2) is 8.78 Å². The summed E-state index contributed by atoms with van der Waals surface area (Å²) in [5.41, 5.74) is 2.89. The molecule has 0 bridgehead atoms. The van der Waals surface area contributed by atoms with Crippen LogP contribution in [0.2, 0.25) is 0 Å². The molecule has 514 valence electrons. The third-order valence-corrected chi connectivity index (χ3v) is 16.3. The predicted molar refractivity (Wildman–Crippen MR) is 334 cm³/mol. The van der Waals surface area contributed by atoms with Gasteiger partial charge in [-0.1, -0.05) is 29.8 Å². The first-order valence-corrected chi connectivity index (χ1v) is 31.5. The lowest BCUT2D eigenvalue weighted by atomic mass is 10.1. The molecule has 7 N–H and O–H groups in total. The highest BCUT2D eigenvalue weighted by atomic mass is 19.3. The molecule has 3 aliphatic rings. The lowest BCUT2D eigenvalue weighted by Gasteiger charge is -2.36. The molecule has 0 spiro atoms. The number of hydrogen-bond donors (Lipinski definition) is 7. The van der Waals surface area contributed by atoms with E-state index in [2.05, 4.69) is 31.2 Å². The number of esters is 1. The zero-order chi connectivity index (χ0) is 68.2. The summed E-state index contributed by atoms with van der Waals surface area (Å²) in [7, 11) is 1.14. The van der Waals surface area contributed by atoms with Gasteiger partial charge in [-0.05, 0) is 75.4 Å². The Morgan fingerprint density at radius 1 is 0.702 bits per heavy atom. The van der Waals surface area contributed by atoms with Gasteiger partial charge in [0.1, 0.15) is 23.9 Å². The van der Waals surface area contributed by atoms with E-state index in [-0.39, 0.29) is 129 Å². The Labute approximate surface area is 543 Å². The number of nitrogens with zero attached hydrogens (tertiary/aromatic N) is 9. The number of ether oxygens (including phenoxy) is 3. The van der Waals surface area contributed by atoms with Gasteiger partial charge in [-0.2, -0.15) is 5.26 Å². The fourth-order valence-electron chi connectivity index (χ4n) is 11.1. The summed E-state index contributed by atoms with van der Waals surface area (Å²) in [5, 5.41) is 49.4. The third kappa shape index (κ3) is 25.7. The van der Waals surface area contributed by atoms with Crippen LogP contribution in [-0.2, 0) is 59.0 Å². The minimum atomic E-state index is -3.20. The molecule has 3 fully saturated rings. The number of carboxylic acids is 3. The average Bonchev–Trinajstić information content (AvgIpc) is 1.29. The molecule has 0 unspecified atom stereocenters. The Morgan fingerprint density at radius 3 is 1.90 bits per heavy atom. The number of carboxylic acid groups (broad SMARTS) is 3. The number of nitrogens with one attached hydrogen (secondary N) is 4. The van der Waals surface area contributed by atoms with Crippen molar-refractivity contribution >= 4 is 70.2 Å². The van der Waals surface area contributed by atoms with Crippen molar-refractivity contribution in [2.45, 2.75) is 82.3 Å². The number of methoxy groups -OCH3 is 1. The maximum Gasteiger partial charge on any atom is 0.317 e. The molecule has 0 radical (unpaired) electrons. The number of carbonyl (C=O) groups is 10. The fourth-order valence-corrected chi connectivity index (χ4v) is 11.1. The van der Waals surface area contributed by atoms with Gasteiger partial charge in [0.15, 0.2) is 0 Å². The topological polar surface area (TPSA) is 367 Å². The summed E-state index contributed by atoms with van der Waals surface area (Å²) in [6, 6.07) is 12.2. The minimum Gasteiger partial charge on any atom is -0.494 e. The quantitative estimate of drug-likeness (QED) is 0.0309. The lowest BCUT2D eigenvalue weighted by Crippen LogP contribution is -2.58. The van der Waals surface area contributed by atoms with Crippen molar-refractivity contribution in [3.63, 3.8) is 0 Å². The van der Waals surface area contributed by atoms with Gasteiger partial charge in [0, 0.05) is 116 Å². The van der Waals surface area contributed by atoms with Crippen LogP contribution in [0.5, 0.6) is 5.75 Å². The van der Waals surface area contributed by atoms with Gasteiger partial charge in [0.05, 0.1) is 83.2 Å². The second-order valence-corrected chi connectivity index (χ2v) is 23.5. The van der Waals surface area contributed by atoms with E-state index in [1.54, 1.807) is 43.9 Å². The molecule has 3 saturated heterocycles. The molecule has 94 heavy (non-hydrogen) atoms. The Bertz CT molecular complexity index is 3080. The van der Waals surface area contributed by atoms with E-state index in [9.17, 15) is 77.3 Å². The number of nitriles is 1. The van der Waals surface area contributed by atoms with Crippen LogP contribution in [-0.4, -0.2) is 296 Å². The number of unbranched alkanes of at least 4 members (excludes halogenated alkanes) is 1. The Morgan fingerprint density at radius 2 is 1.31 bits per heavy atom. The molecule has 6 amide bonds. The van der Waals surface area contributed by atoms with Crippen LogP contribution < -0.4 is 26.0 Å². The van der Waals surface area contributed by atoms with Gasteiger partial charge in [-0.15, -0.1) is 0 Å². The van der Waals surface area contributed by atoms with Crippen molar-refractivity contribution in [3.8, 4) is 11.8 Å². The van der Waals surface area contributed by atoms with E-state index >= 15 is 0 Å². The van der Waals surface area contributed by atoms with Crippen molar-refractivity contribution in [1.29, 1.82) is 5.26 Å². The number of pyridine rings is 1. The molecule has 0 aliphatic carbocycles. The van der Waals surface area contributed by atoms with Gasteiger partial charge in [-0.3, -0.25) is 77.4 Å². The molecule has 3 atom stereocenters. The van der Waals surface area contributed by atoms with Crippen molar-refractivity contribution in [1.82, 2.24) is 60.6 Å². The summed E-state index contributed by atoms with van der Waals surface area (Å²) in [6.07, 6.45) is 2.95. The number of benzene rings is 2. The molecule has 31 heteroatoms. The number of fused-ring (bicyclic) bond motifs is 1. The molecule has 1 aromatic heterocycles. The second-order valence-electron chi connectivity index (χ2n) is 23.5. The summed E-state index contributed by atoms with van der Waals surface area (Å²) in [6.45, 7) is 2.62. The standard InChI is InChI=1S/C63H87F2N13O16/c1-44-8-10-45(11-9-44)6-5-7-53(79)68-17-33-93-32-15-51(70-54(80)39-73-19-21-74(40-56(82)83)23-25-76(42-58(86)87)26-24-75(22-20-73)41-57(84)85)61(90)71-52(35-59(88)92-2)62(91)77-29-27-72(28-30-77)18-3-4-31-94-47-12-13-50-49(34-47)48(14-16-67-50)60(89)69-38-55(81)78-43-63(64,65)36-46(78)37-66/h8-14,16,34,46,51-52H,3-7,15,17-33,35-36,38-43H2,1-2H3,(H,68,79)(H,69,89)(H,70,80)(H,71,90)(H,82,83)(H,84,85)(H,86,87)/t46-,51+,52+/m1/s1. The monoisotopic (exact) mass is 1320 g/mol. The lowest BCUT2D eigenvalue weighted by molar-refractivity contribution is -0.147. The number of aromatic nitrogens is 1. The van der Waals surface area contributed by atoms with Gasteiger partial charge in [0.2, 0.25) is 29.5 Å². The molecule has 3 aliphatic heterocycles. The van der Waals surface area contributed by atoms with Crippen LogP contribution in [0, 0.1) is 18.3 Å². The Hall–Kier alpha value is -8.54. The van der Waals surface area contributed by atoms with E-state index in [0.717, 1.165) is 29.6 Å². The normalized spacial score (nSPS) is 17.7. The van der Waals surface area contributed by atoms with Crippen LogP contribution in [0.15, 0.2) is 54.7 Å². The van der Waals surface area contributed by atoms with Crippen LogP contribution >= 0.6 is 0 Å². The number of rotatable bonds is 33. The van der Waals surface area contributed by atoms with Gasteiger partial charge >= 0.3 is 23.9 Å². The number of likely N-dealkylation sites (tertiary alicyclic amines) is 1. The number of amides is 6. The molecule has 6 rings (SSSR count). The maximum atomic E-state index is 14.4. The second kappa shape index (κ2) is 38.0. The fraction of sp³-hybridized carbons (Fsp3) is 0.587. The largest absolute Gasteiger partial charge is 0.494 e. The van der Waals surface area contributed by atoms with Crippen molar-refractivity contribution in [2.75, 3.05) is 158 Å². The highest BCUT2D eigenvalue weighted by molar-refractivity contribution is 6.07. The number of carbonyl (C=O) groups excluding carboxylic acids is 7. The number of hydrogen-bond acceptors (Lipinski definition) is 20. The SMILES string of the molecule is COC(=O)C[C@H](NC(=O)[C@H](CCOCCNC(=O)CCCc1ccc(C)cc1)NC(=O)CN1CCN(CC(=O)O)CCN(CC(=O)O)CCN(CC(=O)O)CC1)C(=O)N1CCN(CCCCOc2ccc3nccc(C(=O)NCC(=O)N4CC(F)(F)C[C@@H]4C#N)c3c2)CC1. The Kier molecular flexibility index (Phi) is 30.1. The third-order valence-electron chi connectivity index (χ3n) is 16.3. The summed E-state index contributed by atoms with van der Waals surface area (Å²) < 4.78 is 44.7. The van der Waals surface area contributed by atoms with Crippen LogP contribution in [0.4, 0.5) is 8.78 Å².